The number of hydrogen-bond acceptors (Lipinski definition) is 7. The summed E-state index contributed by atoms with van der Waals surface area (Å²) in [6, 6.07) is 1.57. The van der Waals surface area contributed by atoms with Crippen molar-refractivity contribution >= 4 is 11.6 Å². The Morgan fingerprint density at radius 3 is 2.88 bits per heavy atom. The number of aromatic amines is 1. The molecule has 0 unspecified atom stereocenters. The highest BCUT2D eigenvalue weighted by Gasteiger charge is 2.23. The first-order valence-corrected chi connectivity index (χ1v) is 7.59. The Bertz CT molecular complexity index is 964. The molecule has 10 heteroatoms. The summed E-state index contributed by atoms with van der Waals surface area (Å²) < 4.78 is 6.74. The van der Waals surface area contributed by atoms with Gasteiger partial charge in [0.05, 0.1) is 11.9 Å². The van der Waals surface area contributed by atoms with E-state index in [2.05, 4.69) is 25.5 Å². The van der Waals surface area contributed by atoms with Crippen molar-refractivity contribution in [3.8, 4) is 11.5 Å². The summed E-state index contributed by atoms with van der Waals surface area (Å²) >= 11 is 0. The van der Waals surface area contributed by atoms with E-state index in [0.717, 1.165) is 31.6 Å². The first kappa shape index (κ1) is 14.6. The lowest BCUT2D eigenvalue weighted by atomic mass is 9.94. The first-order chi connectivity index (χ1) is 11.6. The van der Waals surface area contributed by atoms with Crippen LogP contribution in [-0.4, -0.2) is 43.7 Å². The zero-order valence-electron chi connectivity index (χ0n) is 12.7. The average Bonchev–Trinajstić information content (AvgIpc) is 3.21. The number of hydrogen-bond donors (Lipinski definition) is 3. The molecule has 3 aromatic rings. The number of nitrogens with zero attached hydrogens (tertiary/aromatic N) is 4. The van der Waals surface area contributed by atoms with Gasteiger partial charge in [0.25, 0.3) is 23.2 Å². The number of carbonyl (C=O) groups is 1. The Kier molecular flexibility index (Phi) is 3.38. The van der Waals surface area contributed by atoms with Crippen LogP contribution in [0.5, 0.6) is 0 Å². The molecule has 124 valence electrons. The number of rotatable bonds is 3. The van der Waals surface area contributed by atoms with E-state index in [9.17, 15) is 9.59 Å². The molecule has 1 aliphatic rings. The molecule has 1 saturated heterocycles. The van der Waals surface area contributed by atoms with Crippen LogP contribution in [-0.2, 0) is 0 Å². The minimum absolute atomic E-state index is 0.0805. The molecule has 0 aromatic carbocycles. The Labute approximate surface area is 135 Å². The van der Waals surface area contributed by atoms with Gasteiger partial charge in [-0.05, 0) is 25.9 Å². The summed E-state index contributed by atoms with van der Waals surface area (Å²) in [6.45, 7) is 1.80. The number of aromatic nitrogens is 5. The van der Waals surface area contributed by atoms with Crippen molar-refractivity contribution < 1.29 is 9.32 Å². The van der Waals surface area contributed by atoms with Crippen molar-refractivity contribution in [2.45, 2.75) is 18.8 Å². The fraction of sp³-hybridized carbons (Fsp3) is 0.357. The Morgan fingerprint density at radius 1 is 1.38 bits per heavy atom. The van der Waals surface area contributed by atoms with Gasteiger partial charge in [0, 0.05) is 12.0 Å². The second kappa shape index (κ2) is 5.57. The van der Waals surface area contributed by atoms with Crippen LogP contribution in [0, 0.1) is 0 Å². The topological polar surface area (TPSA) is 144 Å². The summed E-state index contributed by atoms with van der Waals surface area (Å²) in [5, 5.41) is 11.2. The van der Waals surface area contributed by atoms with E-state index in [1.807, 2.05) is 0 Å². The van der Waals surface area contributed by atoms with E-state index in [0.29, 0.717) is 11.2 Å². The molecule has 1 aliphatic heterocycles. The lowest BCUT2D eigenvalue weighted by molar-refractivity contribution is 0.0987. The number of nitrogens with one attached hydrogen (secondary N) is 2. The quantitative estimate of drug-likeness (QED) is 0.595. The molecule has 4 N–H and O–H groups in total. The van der Waals surface area contributed by atoms with Crippen molar-refractivity contribution in [1.82, 2.24) is 30.1 Å². The molecule has 4 heterocycles. The molecule has 10 nitrogen and oxygen atoms in total. The van der Waals surface area contributed by atoms with Crippen molar-refractivity contribution in [1.29, 1.82) is 0 Å². The smallest absolute Gasteiger partial charge is 0.290 e. The number of piperidine rings is 1. The summed E-state index contributed by atoms with van der Waals surface area (Å²) in [5.41, 5.74) is 6.65. The van der Waals surface area contributed by atoms with E-state index in [1.165, 1.54) is 6.20 Å². The molecule has 1 fully saturated rings. The van der Waals surface area contributed by atoms with Gasteiger partial charge in [-0.3, -0.25) is 9.59 Å². The molecule has 0 bridgehead atoms. The van der Waals surface area contributed by atoms with Crippen LogP contribution in [0.3, 0.4) is 0 Å². The van der Waals surface area contributed by atoms with Gasteiger partial charge >= 0.3 is 0 Å². The summed E-state index contributed by atoms with van der Waals surface area (Å²) in [4.78, 5) is 29.9. The lowest BCUT2D eigenvalue weighted by Crippen LogP contribution is -2.28. The van der Waals surface area contributed by atoms with E-state index < -0.39 is 5.91 Å². The Balaban J connectivity index is 1.85. The van der Waals surface area contributed by atoms with Crippen LogP contribution >= 0.6 is 0 Å². The molecule has 3 aromatic heterocycles. The fourth-order valence-corrected chi connectivity index (χ4v) is 3.01. The van der Waals surface area contributed by atoms with Gasteiger partial charge in [-0.15, -0.1) is 0 Å². The van der Waals surface area contributed by atoms with E-state index in [4.69, 9.17) is 10.3 Å². The molecule has 0 atom stereocenters. The third-order valence-corrected chi connectivity index (χ3v) is 4.17. The molecular weight excluding hydrogens is 314 g/mol. The van der Waals surface area contributed by atoms with Gasteiger partial charge in [-0.25, -0.2) is 4.52 Å². The summed E-state index contributed by atoms with van der Waals surface area (Å²) in [7, 11) is 0. The van der Waals surface area contributed by atoms with Crippen LogP contribution in [0.1, 0.15) is 35.1 Å². The molecule has 24 heavy (non-hydrogen) atoms. The van der Waals surface area contributed by atoms with Crippen molar-refractivity contribution in [2.24, 2.45) is 5.73 Å². The SMILES string of the molecule is NC(=O)c1noc(-c2cnn3c(C4CCNCC4)cc(=O)[nH]c23)n1. The lowest BCUT2D eigenvalue weighted by Gasteiger charge is -2.23. The third kappa shape index (κ3) is 2.36. The van der Waals surface area contributed by atoms with Crippen LogP contribution in [0.25, 0.3) is 17.1 Å². The highest BCUT2D eigenvalue weighted by molar-refractivity contribution is 5.89. The minimum Gasteiger partial charge on any atom is -0.363 e. The summed E-state index contributed by atoms with van der Waals surface area (Å²) in [6.07, 6.45) is 3.38. The number of primary amides is 1. The monoisotopic (exact) mass is 329 g/mol. The highest BCUT2D eigenvalue weighted by atomic mass is 16.5. The van der Waals surface area contributed by atoms with Crippen LogP contribution < -0.4 is 16.6 Å². The van der Waals surface area contributed by atoms with Gasteiger partial charge in [0.2, 0.25) is 0 Å². The first-order valence-electron chi connectivity index (χ1n) is 7.59. The molecule has 0 radical (unpaired) electrons. The fourth-order valence-electron chi connectivity index (χ4n) is 3.01. The van der Waals surface area contributed by atoms with Crippen molar-refractivity contribution in [3.63, 3.8) is 0 Å². The molecule has 1 amide bonds. The van der Waals surface area contributed by atoms with Crippen molar-refractivity contribution in [2.75, 3.05) is 13.1 Å². The maximum absolute atomic E-state index is 12.1. The average molecular weight is 329 g/mol. The number of carbonyl (C=O) groups excluding carboxylic acids is 1. The van der Waals surface area contributed by atoms with Gasteiger partial charge in [-0.2, -0.15) is 10.1 Å². The van der Waals surface area contributed by atoms with Crippen LogP contribution in [0.15, 0.2) is 21.6 Å². The van der Waals surface area contributed by atoms with E-state index >= 15 is 0 Å². The van der Waals surface area contributed by atoms with E-state index in [-0.39, 0.29) is 23.2 Å². The molecule has 0 aliphatic carbocycles. The third-order valence-electron chi connectivity index (χ3n) is 4.17. The number of amides is 1. The normalized spacial score (nSPS) is 15.8. The van der Waals surface area contributed by atoms with Gasteiger partial charge in [0.1, 0.15) is 11.2 Å². The molecular formula is C14H15N7O3. The number of nitrogens with two attached hydrogens (primary N) is 1. The largest absolute Gasteiger partial charge is 0.363 e. The van der Waals surface area contributed by atoms with Gasteiger partial charge in [-0.1, -0.05) is 5.16 Å². The van der Waals surface area contributed by atoms with Crippen LogP contribution in [0.4, 0.5) is 0 Å². The number of fused-ring (bicyclic) bond motifs is 1. The van der Waals surface area contributed by atoms with Gasteiger partial charge in [0.15, 0.2) is 0 Å². The van der Waals surface area contributed by atoms with Crippen molar-refractivity contribution in [3.05, 3.63) is 34.1 Å². The maximum atomic E-state index is 12.1. The van der Waals surface area contributed by atoms with Crippen LogP contribution in [0.2, 0.25) is 0 Å². The Morgan fingerprint density at radius 2 is 2.17 bits per heavy atom. The zero-order chi connectivity index (χ0) is 16.7. The molecule has 0 saturated carbocycles. The second-order valence-corrected chi connectivity index (χ2v) is 5.69. The molecule has 0 spiro atoms. The standard InChI is InChI=1S/C14H15N7O3/c15-11(23)12-19-14(24-20-12)8-6-17-21-9(5-10(22)18-13(8)21)7-1-3-16-4-2-7/h5-7,16H,1-4H2,(H2,15,23)(H,18,22). The predicted octanol–water partition coefficient (Wildman–Crippen LogP) is -0.362. The predicted molar refractivity (Wildman–Crippen MR) is 82.5 cm³/mol. The number of H-pyrrole nitrogens is 1. The second-order valence-electron chi connectivity index (χ2n) is 5.69. The maximum Gasteiger partial charge on any atom is 0.290 e. The highest BCUT2D eigenvalue weighted by Crippen LogP contribution is 2.27. The van der Waals surface area contributed by atoms with Gasteiger partial charge < -0.3 is 20.6 Å². The minimum atomic E-state index is -0.787. The molecule has 4 rings (SSSR count). The zero-order valence-corrected chi connectivity index (χ0v) is 12.7. The van der Waals surface area contributed by atoms with E-state index in [1.54, 1.807) is 10.6 Å². The Hall–Kier alpha value is -3.01. The summed E-state index contributed by atoms with van der Waals surface area (Å²) in [5.74, 6) is -0.684.